The number of hydrogen-bond donors (Lipinski definition) is 8. The van der Waals surface area contributed by atoms with E-state index in [9.17, 15) is 29.4 Å². The van der Waals surface area contributed by atoms with E-state index < -0.39 is 41.8 Å². The Bertz CT molecular complexity index is 997. The molecule has 0 fully saturated rings. The lowest BCUT2D eigenvalue weighted by molar-refractivity contribution is -0.142. The van der Waals surface area contributed by atoms with Gasteiger partial charge in [0.05, 0.1) is 12.9 Å². The zero-order valence-electron chi connectivity index (χ0n) is 19.8. The Morgan fingerprint density at radius 2 is 1.56 bits per heavy atom. The summed E-state index contributed by atoms with van der Waals surface area (Å²) < 4.78 is 0. The number of benzene rings is 1. The highest BCUT2D eigenvalue weighted by Crippen LogP contribution is 2.12. The molecule has 196 valence electrons. The molecule has 3 unspecified atom stereocenters. The first kappa shape index (κ1) is 28.3. The van der Waals surface area contributed by atoms with Crippen LogP contribution in [0.3, 0.4) is 0 Å². The van der Waals surface area contributed by atoms with Crippen LogP contribution < -0.4 is 27.4 Å². The second-order valence-electron chi connectivity index (χ2n) is 8.22. The molecule has 2 rings (SSSR count). The average Bonchev–Trinajstić information content (AvgIpc) is 3.36. The van der Waals surface area contributed by atoms with Crippen molar-refractivity contribution in [2.75, 3.05) is 13.1 Å². The van der Waals surface area contributed by atoms with Crippen LogP contribution in [0.1, 0.15) is 30.5 Å². The third-order valence-electron chi connectivity index (χ3n) is 5.39. The van der Waals surface area contributed by atoms with Crippen LogP contribution in [0.25, 0.3) is 0 Å². The van der Waals surface area contributed by atoms with E-state index in [1.165, 1.54) is 24.7 Å². The molecular weight excluding hydrogens is 470 g/mol. The molecule has 1 aromatic heterocycles. The van der Waals surface area contributed by atoms with E-state index in [4.69, 9.17) is 11.5 Å². The highest BCUT2D eigenvalue weighted by Gasteiger charge is 2.30. The van der Waals surface area contributed by atoms with Crippen molar-refractivity contribution in [3.8, 4) is 5.75 Å². The van der Waals surface area contributed by atoms with Gasteiger partial charge in [0, 0.05) is 24.7 Å². The van der Waals surface area contributed by atoms with E-state index in [0.29, 0.717) is 30.6 Å². The topological polar surface area (TPSA) is 226 Å². The first-order valence-corrected chi connectivity index (χ1v) is 11.5. The molecule has 0 bridgehead atoms. The summed E-state index contributed by atoms with van der Waals surface area (Å²) in [6.45, 7) is 0.0518. The molecule has 10 N–H and O–H groups in total. The number of aromatic hydroxyl groups is 1. The number of nitrogens with two attached hydrogens (primary N) is 2. The van der Waals surface area contributed by atoms with Crippen molar-refractivity contribution >= 4 is 23.7 Å². The minimum absolute atomic E-state index is 0.00345. The molecule has 0 aliphatic carbocycles. The van der Waals surface area contributed by atoms with Crippen LogP contribution in [0.15, 0.2) is 36.8 Å². The highest BCUT2D eigenvalue weighted by atomic mass is 16.4. The molecular formula is C23H33N7O6. The Balaban J connectivity index is 2.20. The number of carbonyl (C=O) groups is 4. The summed E-state index contributed by atoms with van der Waals surface area (Å²) in [5.74, 6) is -3.10. The number of unbranched alkanes of at least 4 members (excludes halogenated alkanes) is 1. The van der Waals surface area contributed by atoms with Gasteiger partial charge in [-0.05, 0) is 43.5 Å². The molecule has 1 aromatic carbocycles. The van der Waals surface area contributed by atoms with E-state index in [-0.39, 0.29) is 31.6 Å². The van der Waals surface area contributed by atoms with Crippen molar-refractivity contribution in [3.05, 3.63) is 48.0 Å². The Morgan fingerprint density at radius 3 is 2.11 bits per heavy atom. The average molecular weight is 504 g/mol. The van der Waals surface area contributed by atoms with Crippen molar-refractivity contribution in [3.63, 3.8) is 0 Å². The lowest BCUT2D eigenvalue weighted by Gasteiger charge is -2.24. The molecule has 3 amide bonds. The van der Waals surface area contributed by atoms with Gasteiger partial charge in [0.2, 0.25) is 17.7 Å². The van der Waals surface area contributed by atoms with Crippen molar-refractivity contribution in [1.29, 1.82) is 0 Å². The number of rotatable bonds is 15. The Hall–Kier alpha value is -3.97. The van der Waals surface area contributed by atoms with Crippen LogP contribution in [0.4, 0.5) is 0 Å². The molecule has 3 atom stereocenters. The smallest absolute Gasteiger partial charge is 0.326 e. The molecule has 0 spiro atoms. The molecule has 0 saturated carbocycles. The highest BCUT2D eigenvalue weighted by molar-refractivity contribution is 5.93. The van der Waals surface area contributed by atoms with Crippen LogP contribution in [0.2, 0.25) is 0 Å². The lowest BCUT2D eigenvalue weighted by atomic mass is 10.0. The van der Waals surface area contributed by atoms with Crippen LogP contribution >= 0.6 is 0 Å². The number of carboxylic acids is 1. The Kier molecular flexibility index (Phi) is 11.3. The zero-order chi connectivity index (χ0) is 26.5. The fourth-order valence-electron chi connectivity index (χ4n) is 3.45. The predicted molar refractivity (Wildman–Crippen MR) is 129 cm³/mol. The van der Waals surface area contributed by atoms with Crippen molar-refractivity contribution in [2.45, 2.75) is 50.2 Å². The molecule has 0 radical (unpaired) electrons. The van der Waals surface area contributed by atoms with Crippen molar-refractivity contribution < 1.29 is 29.4 Å². The first-order valence-electron chi connectivity index (χ1n) is 11.5. The van der Waals surface area contributed by atoms with Gasteiger partial charge >= 0.3 is 5.97 Å². The number of phenols is 1. The second-order valence-corrected chi connectivity index (χ2v) is 8.22. The van der Waals surface area contributed by atoms with Gasteiger partial charge in [-0.1, -0.05) is 12.1 Å². The maximum absolute atomic E-state index is 13.2. The number of carbonyl (C=O) groups excluding carboxylic acids is 3. The van der Waals surface area contributed by atoms with Crippen LogP contribution in [-0.4, -0.2) is 75.1 Å². The van der Waals surface area contributed by atoms with Crippen molar-refractivity contribution in [1.82, 2.24) is 25.9 Å². The minimum atomic E-state index is -1.20. The summed E-state index contributed by atoms with van der Waals surface area (Å²) in [5, 5.41) is 26.6. The number of nitrogens with zero attached hydrogens (tertiary/aromatic N) is 1. The summed E-state index contributed by atoms with van der Waals surface area (Å²) in [6.07, 6.45) is 4.25. The van der Waals surface area contributed by atoms with E-state index in [1.54, 1.807) is 12.1 Å². The quantitative estimate of drug-likeness (QED) is 0.132. The third-order valence-corrected chi connectivity index (χ3v) is 5.39. The van der Waals surface area contributed by atoms with E-state index in [2.05, 4.69) is 25.9 Å². The fraction of sp³-hybridized carbons (Fsp3) is 0.435. The Labute approximate surface area is 208 Å². The number of H-pyrrole nitrogens is 1. The second kappa shape index (κ2) is 14.4. The van der Waals surface area contributed by atoms with Gasteiger partial charge in [-0.15, -0.1) is 0 Å². The molecule has 36 heavy (non-hydrogen) atoms. The summed E-state index contributed by atoms with van der Waals surface area (Å²) in [6, 6.07) is 2.68. The first-order chi connectivity index (χ1) is 17.2. The SMILES string of the molecule is NCCCCC(NC(=O)C(Cc1cnc[nH]1)NC(=O)C(Cc1ccc(O)cc1)NC(=O)CN)C(=O)O. The molecule has 0 saturated heterocycles. The summed E-state index contributed by atoms with van der Waals surface area (Å²) in [5.41, 5.74) is 12.0. The summed E-state index contributed by atoms with van der Waals surface area (Å²) in [4.78, 5) is 56.6. The number of imidazole rings is 1. The zero-order valence-corrected chi connectivity index (χ0v) is 19.8. The maximum Gasteiger partial charge on any atom is 0.326 e. The van der Waals surface area contributed by atoms with Crippen LogP contribution in [0.5, 0.6) is 5.75 Å². The monoisotopic (exact) mass is 503 g/mol. The molecule has 13 nitrogen and oxygen atoms in total. The van der Waals surface area contributed by atoms with E-state index >= 15 is 0 Å². The molecule has 0 aliphatic heterocycles. The van der Waals surface area contributed by atoms with E-state index in [0.717, 1.165) is 0 Å². The van der Waals surface area contributed by atoms with Crippen LogP contribution in [0, 0.1) is 0 Å². The van der Waals surface area contributed by atoms with E-state index in [1.807, 2.05) is 0 Å². The summed E-state index contributed by atoms with van der Waals surface area (Å²) in [7, 11) is 0. The Morgan fingerprint density at radius 1 is 0.917 bits per heavy atom. The number of hydrogen-bond acceptors (Lipinski definition) is 8. The minimum Gasteiger partial charge on any atom is -0.508 e. The summed E-state index contributed by atoms with van der Waals surface area (Å²) >= 11 is 0. The largest absolute Gasteiger partial charge is 0.508 e. The molecule has 2 aromatic rings. The number of aromatic amines is 1. The van der Waals surface area contributed by atoms with Gasteiger partial charge in [0.25, 0.3) is 0 Å². The normalized spacial score (nSPS) is 13.3. The van der Waals surface area contributed by atoms with Gasteiger partial charge < -0.3 is 42.6 Å². The molecule has 0 aliphatic rings. The maximum atomic E-state index is 13.2. The molecule has 1 heterocycles. The number of nitrogens with one attached hydrogen (secondary N) is 4. The molecule has 13 heteroatoms. The van der Waals surface area contributed by atoms with Crippen molar-refractivity contribution in [2.24, 2.45) is 11.5 Å². The van der Waals surface area contributed by atoms with Gasteiger partial charge in [-0.25, -0.2) is 9.78 Å². The van der Waals surface area contributed by atoms with Gasteiger partial charge in [-0.3, -0.25) is 14.4 Å². The number of aromatic nitrogens is 2. The van der Waals surface area contributed by atoms with Gasteiger partial charge in [0.15, 0.2) is 0 Å². The fourth-order valence-corrected chi connectivity index (χ4v) is 3.45. The van der Waals surface area contributed by atoms with Gasteiger partial charge in [-0.2, -0.15) is 0 Å². The number of carboxylic acid groups (broad SMARTS) is 1. The third kappa shape index (κ3) is 9.35. The number of amides is 3. The number of phenolic OH excluding ortho intramolecular Hbond substituents is 1. The standard InChI is InChI=1S/C23H33N7O6/c24-8-2-1-3-17(23(35)36)29-22(34)19(10-15-12-26-13-27-15)30-21(33)18(28-20(32)11-25)9-14-4-6-16(31)7-5-14/h4-7,12-13,17-19,31H,1-3,8-11,24-25H2,(H,26,27)(H,28,32)(H,29,34)(H,30,33)(H,35,36). The van der Waals surface area contributed by atoms with Gasteiger partial charge in [0.1, 0.15) is 23.9 Å². The number of aliphatic carboxylic acids is 1. The van der Waals surface area contributed by atoms with Crippen LogP contribution in [-0.2, 0) is 32.0 Å². The predicted octanol–water partition coefficient (Wildman–Crippen LogP) is -1.47. The lowest BCUT2D eigenvalue weighted by Crippen LogP contribution is -2.57.